The number of urea groups is 1. The van der Waals surface area contributed by atoms with E-state index in [4.69, 9.17) is 4.74 Å². The number of allylic oxidation sites excluding steroid dienone is 1. The molecule has 2 N–H and O–H groups in total. The standard InChI is InChI=1S/C28H33N3O3/c1-28(2)16-21-25(23(32)17-28)26(19-12-6-9-15-24(19)34-3)31(22-14-8-7-13-20(22)30-21)27(33)29-18-10-4-5-11-18/h6-9,12-15,18,26,30H,4-5,10-11,16-17H2,1-3H3,(H,29,33)/t26-/m1/s1. The van der Waals surface area contributed by atoms with E-state index >= 15 is 0 Å². The summed E-state index contributed by atoms with van der Waals surface area (Å²) in [5, 5.41) is 6.83. The van der Waals surface area contributed by atoms with Gasteiger partial charge >= 0.3 is 6.03 Å². The van der Waals surface area contributed by atoms with Gasteiger partial charge in [0.15, 0.2) is 5.78 Å². The first-order valence-corrected chi connectivity index (χ1v) is 12.2. The Balaban J connectivity index is 1.73. The molecule has 2 aliphatic carbocycles. The fraction of sp³-hybridized carbons (Fsp3) is 0.429. The summed E-state index contributed by atoms with van der Waals surface area (Å²) in [5.74, 6) is 0.733. The number of hydrogen-bond donors (Lipinski definition) is 2. The minimum absolute atomic E-state index is 0.0705. The lowest BCUT2D eigenvalue weighted by Gasteiger charge is -2.37. The quantitative estimate of drug-likeness (QED) is 0.594. The molecule has 2 aromatic carbocycles. The predicted molar refractivity (Wildman–Crippen MR) is 134 cm³/mol. The lowest BCUT2D eigenvalue weighted by molar-refractivity contribution is -0.118. The van der Waals surface area contributed by atoms with Crippen molar-refractivity contribution < 1.29 is 14.3 Å². The second kappa shape index (κ2) is 8.82. The first-order valence-electron chi connectivity index (χ1n) is 12.2. The summed E-state index contributed by atoms with van der Waals surface area (Å²) in [4.78, 5) is 29.5. The molecule has 0 saturated heterocycles. The number of ketones is 1. The van der Waals surface area contributed by atoms with Crippen LogP contribution in [0.3, 0.4) is 0 Å². The molecular formula is C28H33N3O3. The summed E-state index contributed by atoms with van der Waals surface area (Å²) in [6, 6.07) is 14.9. The smallest absolute Gasteiger partial charge is 0.323 e. The molecule has 2 aromatic rings. The molecule has 1 fully saturated rings. The van der Waals surface area contributed by atoms with Crippen LogP contribution in [0.1, 0.15) is 64.0 Å². The molecule has 3 aliphatic rings. The largest absolute Gasteiger partial charge is 0.496 e. The molecular weight excluding hydrogens is 426 g/mol. The van der Waals surface area contributed by atoms with Gasteiger partial charge in [0.2, 0.25) is 0 Å². The minimum Gasteiger partial charge on any atom is -0.496 e. The number of nitrogens with zero attached hydrogens (tertiary/aromatic N) is 1. The number of nitrogens with one attached hydrogen (secondary N) is 2. The van der Waals surface area contributed by atoms with E-state index in [9.17, 15) is 9.59 Å². The molecule has 0 bridgehead atoms. The zero-order valence-electron chi connectivity index (χ0n) is 20.2. The highest BCUT2D eigenvalue weighted by atomic mass is 16.5. The van der Waals surface area contributed by atoms with Crippen LogP contribution in [0.5, 0.6) is 5.75 Å². The normalized spacial score (nSPS) is 21.9. The van der Waals surface area contributed by atoms with Crippen LogP contribution in [0.4, 0.5) is 16.2 Å². The summed E-state index contributed by atoms with van der Waals surface area (Å²) >= 11 is 0. The number of amides is 2. The number of hydrogen-bond acceptors (Lipinski definition) is 4. The summed E-state index contributed by atoms with van der Waals surface area (Å²) in [6.07, 6.45) is 5.39. The van der Waals surface area contributed by atoms with Crippen LogP contribution in [0.2, 0.25) is 0 Å². The van der Waals surface area contributed by atoms with Crippen molar-refractivity contribution in [2.45, 2.75) is 64.5 Å². The summed E-state index contributed by atoms with van der Waals surface area (Å²) in [5.41, 5.74) is 3.78. The van der Waals surface area contributed by atoms with Crippen LogP contribution in [0.15, 0.2) is 59.8 Å². The molecule has 5 rings (SSSR count). The SMILES string of the molecule is COc1ccccc1[C@@H]1C2=C(CC(C)(C)CC2=O)Nc2ccccc2N1C(=O)NC1CCCC1. The molecule has 34 heavy (non-hydrogen) atoms. The van der Waals surface area contributed by atoms with Crippen molar-refractivity contribution in [2.24, 2.45) is 5.41 Å². The van der Waals surface area contributed by atoms with Gasteiger partial charge in [-0.3, -0.25) is 9.69 Å². The van der Waals surface area contributed by atoms with Crippen molar-refractivity contribution in [3.05, 3.63) is 65.4 Å². The third-order valence-corrected chi connectivity index (χ3v) is 7.24. The average molecular weight is 460 g/mol. The van der Waals surface area contributed by atoms with Crippen LogP contribution >= 0.6 is 0 Å². The van der Waals surface area contributed by atoms with Crippen LogP contribution in [-0.2, 0) is 4.79 Å². The van der Waals surface area contributed by atoms with Crippen molar-refractivity contribution in [1.82, 2.24) is 5.32 Å². The Hall–Kier alpha value is -3.28. The molecule has 1 atom stereocenters. The number of carbonyl (C=O) groups excluding carboxylic acids is 2. The molecule has 1 aliphatic heterocycles. The van der Waals surface area contributed by atoms with Crippen molar-refractivity contribution in [3.63, 3.8) is 0 Å². The Labute approximate surface area is 201 Å². The van der Waals surface area contributed by atoms with Gasteiger partial charge < -0.3 is 15.4 Å². The van der Waals surface area contributed by atoms with Gasteiger partial charge in [0, 0.05) is 29.3 Å². The van der Waals surface area contributed by atoms with E-state index in [1.165, 1.54) is 0 Å². The highest BCUT2D eigenvalue weighted by Gasteiger charge is 2.44. The first-order chi connectivity index (χ1) is 16.4. The topological polar surface area (TPSA) is 70.7 Å². The van der Waals surface area contributed by atoms with Crippen molar-refractivity contribution in [3.8, 4) is 5.75 Å². The number of carbonyl (C=O) groups is 2. The van der Waals surface area contributed by atoms with Gasteiger partial charge in [-0.1, -0.05) is 57.0 Å². The van der Waals surface area contributed by atoms with Gasteiger partial charge in [-0.15, -0.1) is 0 Å². The molecule has 6 nitrogen and oxygen atoms in total. The van der Waals surface area contributed by atoms with Gasteiger partial charge in [0.25, 0.3) is 0 Å². The van der Waals surface area contributed by atoms with E-state index in [0.29, 0.717) is 17.7 Å². The molecule has 178 valence electrons. The fourth-order valence-corrected chi connectivity index (χ4v) is 5.71. The molecule has 0 spiro atoms. The number of benzene rings is 2. The molecule has 1 heterocycles. The molecule has 1 saturated carbocycles. The van der Waals surface area contributed by atoms with Crippen molar-refractivity contribution in [1.29, 1.82) is 0 Å². The van der Waals surface area contributed by atoms with Gasteiger partial charge in [-0.25, -0.2) is 4.79 Å². The molecule has 0 unspecified atom stereocenters. The van der Waals surface area contributed by atoms with Crippen LogP contribution in [0, 0.1) is 5.41 Å². The number of para-hydroxylation sites is 3. The number of methoxy groups -OCH3 is 1. The monoisotopic (exact) mass is 459 g/mol. The second-order valence-corrected chi connectivity index (χ2v) is 10.4. The van der Waals surface area contributed by atoms with E-state index in [1.54, 1.807) is 12.0 Å². The number of anilines is 2. The summed E-state index contributed by atoms with van der Waals surface area (Å²) in [7, 11) is 1.63. The van der Waals surface area contributed by atoms with Crippen molar-refractivity contribution in [2.75, 3.05) is 17.3 Å². The third kappa shape index (κ3) is 4.06. The van der Waals surface area contributed by atoms with Crippen LogP contribution in [-0.4, -0.2) is 25.0 Å². The van der Waals surface area contributed by atoms with E-state index in [1.807, 2.05) is 48.5 Å². The minimum atomic E-state index is -0.590. The Bertz CT molecular complexity index is 1150. The Morgan fingerprint density at radius 3 is 2.53 bits per heavy atom. The molecule has 0 radical (unpaired) electrons. The zero-order valence-corrected chi connectivity index (χ0v) is 20.2. The van der Waals surface area contributed by atoms with Gasteiger partial charge in [0.05, 0.1) is 24.5 Å². The number of Topliss-reactive ketones (excluding diaryl/α,β-unsaturated/α-hetero) is 1. The Morgan fingerprint density at radius 1 is 1.06 bits per heavy atom. The third-order valence-electron chi connectivity index (χ3n) is 7.24. The van der Waals surface area contributed by atoms with E-state index in [-0.39, 0.29) is 23.3 Å². The lowest BCUT2D eigenvalue weighted by Crippen LogP contribution is -2.47. The maximum Gasteiger partial charge on any atom is 0.323 e. The molecule has 0 aromatic heterocycles. The Morgan fingerprint density at radius 2 is 1.76 bits per heavy atom. The number of rotatable bonds is 3. The lowest BCUT2D eigenvalue weighted by atomic mass is 9.73. The Kier molecular flexibility index (Phi) is 5.84. The maximum absolute atomic E-state index is 14.0. The van der Waals surface area contributed by atoms with Crippen molar-refractivity contribution >= 4 is 23.2 Å². The molecule has 2 amide bonds. The fourth-order valence-electron chi connectivity index (χ4n) is 5.71. The van der Waals surface area contributed by atoms with E-state index < -0.39 is 6.04 Å². The van der Waals surface area contributed by atoms with E-state index in [2.05, 4.69) is 24.5 Å². The summed E-state index contributed by atoms with van der Waals surface area (Å²) < 4.78 is 5.73. The number of fused-ring (bicyclic) bond motifs is 1. The predicted octanol–water partition coefficient (Wildman–Crippen LogP) is 5.96. The van der Waals surface area contributed by atoms with Crippen LogP contribution < -0.4 is 20.3 Å². The highest BCUT2D eigenvalue weighted by molar-refractivity contribution is 6.06. The van der Waals surface area contributed by atoms with Gasteiger partial charge in [0.1, 0.15) is 5.75 Å². The zero-order chi connectivity index (χ0) is 23.9. The van der Waals surface area contributed by atoms with Gasteiger partial charge in [-0.05, 0) is 42.9 Å². The first kappa shape index (κ1) is 22.5. The molecule has 6 heteroatoms. The summed E-state index contributed by atoms with van der Waals surface area (Å²) in [6.45, 7) is 4.24. The second-order valence-electron chi connectivity index (χ2n) is 10.4. The maximum atomic E-state index is 14.0. The average Bonchev–Trinajstić information content (AvgIpc) is 3.26. The van der Waals surface area contributed by atoms with Gasteiger partial charge in [-0.2, -0.15) is 0 Å². The number of ether oxygens (including phenoxy) is 1. The van der Waals surface area contributed by atoms with E-state index in [0.717, 1.165) is 54.7 Å². The van der Waals surface area contributed by atoms with Crippen LogP contribution in [0.25, 0.3) is 0 Å². The highest BCUT2D eigenvalue weighted by Crippen LogP contribution is 2.49.